The zero-order chi connectivity index (χ0) is 15.0. The molecule has 0 radical (unpaired) electrons. The molecule has 0 aromatic heterocycles. The number of benzene rings is 1. The van der Waals surface area contributed by atoms with E-state index in [9.17, 15) is 10.2 Å². The Labute approximate surface area is 126 Å². The summed E-state index contributed by atoms with van der Waals surface area (Å²) in [4.78, 5) is 3.80. The Kier molecular flexibility index (Phi) is 4.35. The third-order valence-electron chi connectivity index (χ3n) is 3.80. The van der Waals surface area contributed by atoms with E-state index in [4.69, 9.17) is 0 Å². The summed E-state index contributed by atoms with van der Waals surface area (Å²) in [6.07, 6.45) is 0. The molecule has 0 unspecified atom stereocenters. The first-order valence-corrected chi connectivity index (χ1v) is 7.40. The smallest absolute Gasteiger partial charge is 0.275 e. The van der Waals surface area contributed by atoms with Gasteiger partial charge >= 0.3 is 0 Å². The Morgan fingerprint density at radius 2 is 1.45 bits per heavy atom. The molecule has 1 heterocycles. The van der Waals surface area contributed by atoms with Gasteiger partial charge in [-0.1, -0.05) is 45.5 Å². The Morgan fingerprint density at radius 3 is 1.85 bits per heavy atom. The molecule has 1 aliphatic heterocycles. The van der Waals surface area contributed by atoms with Crippen molar-refractivity contribution in [2.45, 2.75) is 31.4 Å². The average Bonchev–Trinajstić information content (AvgIpc) is 2.37. The van der Waals surface area contributed by atoms with Gasteiger partial charge in [-0.15, -0.1) is 0 Å². The molecule has 0 spiro atoms. The SMILES string of the molecule is CC(C)(C)c1ccc(N2CCN(C(O)(O)S)CC2)cc1. The van der Waals surface area contributed by atoms with Crippen molar-refractivity contribution in [3.63, 3.8) is 0 Å². The minimum absolute atomic E-state index is 0.163. The van der Waals surface area contributed by atoms with Crippen molar-refractivity contribution in [1.29, 1.82) is 0 Å². The maximum absolute atomic E-state index is 9.45. The molecule has 5 heteroatoms. The van der Waals surface area contributed by atoms with E-state index in [2.05, 4.69) is 62.6 Å². The van der Waals surface area contributed by atoms with E-state index >= 15 is 0 Å². The molecule has 1 aliphatic rings. The van der Waals surface area contributed by atoms with Crippen LogP contribution >= 0.6 is 12.6 Å². The zero-order valence-corrected chi connectivity index (χ0v) is 13.3. The largest absolute Gasteiger partial charge is 0.369 e. The molecule has 112 valence electrons. The molecule has 0 aliphatic carbocycles. The Balaban J connectivity index is 2.01. The van der Waals surface area contributed by atoms with Crippen LogP contribution in [0.5, 0.6) is 0 Å². The molecule has 2 N–H and O–H groups in total. The number of aliphatic hydroxyl groups is 2. The molecular weight excluding hydrogens is 272 g/mol. The second-order valence-electron chi connectivity index (χ2n) is 6.37. The van der Waals surface area contributed by atoms with Crippen LogP contribution in [0.3, 0.4) is 0 Å². The highest BCUT2D eigenvalue weighted by molar-refractivity contribution is 7.81. The highest BCUT2D eigenvalue weighted by Gasteiger charge is 2.30. The Hall–Kier alpha value is -0.750. The van der Waals surface area contributed by atoms with Crippen molar-refractivity contribution in [2.75, 3.05) is 31.1 Å². The lowest BCUT2D eigenvalue weighted by Crippen LogP contribution is -2.54. The minimum atomic E-state index is -2.01. The van der Waals surface area contributed by atoms with Crippen molar-refractivity contribution in [1.82, 2.24) is 4.90 Å². The molecule has 4 nitrogen and oxygen atoms in total. The van der Waals surface area contributed by atoms with Crippen molar-refractivity contribution in [2.24, 2.45) is 0 Å². The lowest BCUT2D eigenvalue weighted by atomic mass is 9.87. The van der Waals surface area contributed by atoms with Gasteiger partial charge in [0.2, 0.25) is 0 Å². The fourth-order valence-electron chi connectivity index (χ4n) is 2.44. The van der Waals surface area contributed by atoms with Crippen LogP contribution in [0.2, 0.25) is 0 Å². The molecule has 2 rings (SSSR count). The van der Waals surface area contributed by atoms with Crippen LogP contribution < -0.4 is 4.90 Å². The highest BCUT2D eigenvalue weighted by atomic mass is 32.1. The van der Waals surface area contributed by atoms with Gasteiger partial charge in [0.25, 0.3) is 5.24 Å². The summed E-state index contributed by atoms with van der Waals surface area (Å²) in [5.74, 6) is 0. The summed E-state index contributed by atoms with van der Waals surface area (Å²) in [6, 6.07) is 8.62. The number of thiol groups is 1. The molecule has 1 aromatic rings. The molecule has 1 fully saturated rings. The van der Waals surface area contributed by atoms with Gasteiger partial charge < -0.3 is 15.1 Å². The molecule has 0 saturated carbocycles. The lowest BCUT2D eigenvalue weighted by Gasteiger charge is -2.40. The van der Waals surface area contributed by atoms with Crippen molar-refractivity contribution < 1.29 is 10.2 Å². The maximum atomic E-state index is 9.45. The van der Waals surface area contributed by atoms with Crippen LogP contribution in [0.25, 0.3) is 0 Å². The number of hydrogen-bond acceptors (Lipinski definition) is 5. The third kappa shape index (κ3) is 3.67. The van der Waals surface area contributed by atoms with Crippen molar-refractivity contribution in [3.8, 4) is 0 Å². The normalized spacial score (nSPS) is 18.4. The van der Waals surface area contributed by atoms with Gasteiger partial charge in [-0.25, -0.2) is 4.90 Å². The number of nitrogens with zero attached hydrogens (tertiary/aromatic N) is 2. The van der Waals surface area contributed by atoms with Gasteiger partial charge in [0.05, 0.1) is 0 Å². The van der Waals surface area contributed by atoms with Crippen LogP contribution in [0, 0.1) is 0 Å². The minimum Gasteiger partial charge on any atom is -0.369 e. The monoisotopic (exact) mass is 296 g/mol. The first-order chi connectivity index (χ1) is 9.18. The van der Waals surface area contributed by atoms with Gasteiger partial charge in [0.15, 0.2) is 0 Å². The van der Waals surface area contributed by atoms with E-state index < -0.39 is 5.24 Å². The fraction of sp³-hybridized carbons (Fsp3) is 0.600. The summed E-state index contributed by atoms with van der Waals surface area (Å²) >= 11 is 3.78. The van der Waals surface area contributed by atoms with Crippen LogP contribution in [0.1, 0.15) is 26.3 Å². The van der Waals surface area contributed by atoms with Crippen LogP contribution in [0.15, 0.2) is 24.3 Å². The summed E-state index contributed by atoms with van der Waals surface area (Å²) in [6.45, 7) is 9.30. The van der Waals surface area contributed by atoms with Crippen molar-refractivity contribution in [3.05, 3.63) is 29.8 Å². The van der Waals surface area contributed by atoms with E-state index in [1.54, 1.807) is 4.90 Å². The summed E-state index contributed by atoms with van der Waals surface area (Å²) in [5, 5.41) is 16.9. The predicted octanol–water partition coefficient (Wildman–Crippen LogP) is 1.63. The van der Waals surface area contributed by atoms with Gasteiger partial charge in [-0.2, -0.15) is 0 Å². The fourth-order valence-corrected chi connectivity index (χ4v) is 2.64. The molecule has 20 heavy (non-hydrogen) atoms. The number of hydrogen-bond donors (Lipinski definition) is 3. The Bertz CT molecular complexity index is 440. The van der Waals surface area contributed by atoms with E-state index in [1.165, 1.54) is 11.3 Å². The second kappa shape index (κ2) is 5.56. The molecular formula is C15H24N2O2S. The quantitative estimate of drug-likeness (QED) is 0.573. The van der Waals surface area contributed by atoms with E-state index in [0.717, 1.165) is 13.1 Å². The van der Waals surface area contributed by atoms with E-state index in [0.29, 0.717) is 13.1 Å². The van der Waals surface area contributed by atoms with Gasteiger partial charge in [-0.3, -0.25) is 0 Å². The van der Waals surface area contributed by atoms with Crippen LogP contribution in [0.4, 0.5) is 5.69 Å². The third-order valence-corrected chi connectivity index (χ3v) is 4.09. The first kappa shape index (κ1) is 15.6. The zero-order valence-electron chi connectivity index (χ0n) is 12.4. The topological polar surface area (TPSA) is 46.9 Å². The summed E-state index contributed by atoms with van der Waals surface area (Å²) in [7, 11) is 0. The molecule has 1 aromatic carbocycles. The standard InChI is InChI=1S/C15H24N2O2S/c1-14(2,3)12-4-6-13(7-5-12)16-8-10-17(11-9-16)15(18,19)20/h4-7,18-20H,8-11H2,1-3H3. The first-order valence-electron chi connectivity index (χ1n) is 6.95. The lowest BCUT2D eigenvalue weighted by molar-refractivity contribution is -0.188. The number of rotatable bonds is 2. The molecule has 1 saturated heterocycles. The van der Waals surface area contributed by atoms with Crippen molar-refractivity contribution >= 4 is 18.3 Å². The second-order valence-corrected chi connectivity index (χ2v) is 6.97. The maximum Gasteiger partial charge on any atom is 0.275 e. The van der Waals surface area contributed by atoms with Gasteiger partial charge in [0.1, 0.15) is 0 Å². The molecule has 0 atom stereocenters. The van der Waals surface area contributed by atoms with Crippen LogP contribution in [-0.4, -0.2) is 46.5 Å². The average molecular weight is 296 g/mol. The highest BCUT2D eigenvalue weighted by Crippen LogP contribution is 2.26. The number of anilines is 1. The summed E-state index contributed by atoms with van der Waals surface area (Å²) in [5.41, 5.74) is 2.66. The predicted molar refractivity (Wildman–Crippen MR) is 85.1 cm³/mol. The molecule has 0 bridgehead atoms. The summed E-state index contributed by atoms with van der Waals surface area (Å²) < 4.78 is 0. The molecule has 0 amide bonds. The van der Waals surface area contributed by atoms with Gasteiger partial charge in [0, 0.05) is 31.9 Å². The van der Waals surface area contributed by atoms with E-state index in [-0.39, 0.29) is 5.41 Å². The Morgan fingerprint density at radius 1 is 0.950 bits per heavy atom. The van der Waals surface area contributed by atoms with E-state index in [1.807, 2.05) is 0 Å². The van der Waals surface area contributed by atoms with Crippen LogP contribution in [-0.2, 0) is 5.41 Å². The van der Waals surface area contributed by atoms with Gasteiger partial charge in [-0.05, 0) is 23.1 Å². The number of piperazine rings is 1.